The standard InChI is InChI=1S/C10H11FO3/c1-10(2,14)6-3-4-7(9(12)13)8(11)5-6/h3-5,14H,1-2H3,(H,12,13). The van der Waals surface area contributed by atoms with E-state index in [2.05, 4.69) is 0 Å². The summed E-state index contributed by atoms with van der Waals surface area (Å²) in [6.45, 7) is 3.00. The first-order valence-corrected chi connectivity index (χ1v) is 4.08. The van der Waals surface area contributed by atoms with E-state index in [1.165, 1.54) is 19.9 Å². The maximum atomic E-state index is 13.1. The lowest BCUT2D eigenvalue weighted by atomic mass is 9.97. The molecule has 0 heterocycles. The summed E-state index contributed by atoms with van der Waals surface area (Å²) in [5, 5.41) is 18.1. The van der Waals surface area contributed by atoms with Crippen molar-refractivity contribution in [1.29, 1.82) is 0 Å². The first kappa shape index (κ1) is 10.7. The molecule has 0 fully saturated rings. The molecule has 0 aliphatic heterocycles. The smallest absolute Gasteiger partial charge is 0.338 e. The third kappa shape index (κ3) is 2.09. The number of carboxylic acids is 1. The van der Waals surface area contributed by atoms with Crippen LogP contribution in [0.2, 0.25) is 0 Å². The minimum atomic E-state index is -1.32. The van der Waals surface area contributed by atoms with Crippen molar-refractivity contribution in [1.82, 2.24) is 0 Å². The van der Waals surface area contributed by atoms with Crippen LogP contribution in [0.4, 0.5) is 4.39 Å². The number of benzene rings is 1. The maximum absolute atomic E-state index is 13.1. The highest BCUT2D eigenvalue weighted by Crippen LogP contribution is 2.21. The summed E-state index contributed by atoms with van der Waals surface area (Å²) in [6.07, 6.45) is 0. The van der Waals surface area contributed by atoms with Gasteiger partial charge in [-0.2, -0.15) is 0 Å². The molecule has 1 aromatic carbocycles. The van der Waals surface area contributed by atoms with E-state index < -0.39 is 23.0 Å². The van der Waals surface area contributed by atoms with Gasteiger partial charge in [0.05, 0.1) is 11.2 Å². The average molecular weight is 198 g/mol. The lowest BCUT2D eigenvalue weighted by molar-refractivity contribution is 0.0685. The molecule has 0 saturated carbocycles. The minimum absolute atomic E-state index is 0.347. The molecule has 3 nitrogen and oxygen atoms in total. The number of aliphatic hydroxyl groups is 1. The zero-order valence-corrected chi connectivity index (χ0v) is 7.91. The number of carbonyl (C=O) groups is 1. The van der Waals surface area contributed by atoms with Crippen molar-refractivity contribution in [2.24, 2.45) is 0 Å². The van der Waals surface area contributed by atoms with Gasteiger partial charge in [-0.25, -0.2) is 9.18 Å². The van der Waals surface area contributed by atoms with Gasteiger partial charge in [-0.15, -0.1) is 0 Å². The van der Waals surface area contributed by atoms with Gasteiger partial charge in [0, 0.05) is 0 Å². The van der Waals surface area contributed by atoms with E-state index >= 15 is 0 Å². The van der Waals surface area contributed by atoms with Crippen molar-refractivity contribution in [3.63, 3.8) is 0 Å². The van der Waals surface area contributed by atoms with Crippen molar-refractivity contribution in [3.8, 4) is 0 Å². The van der Waals surface area contributed by atoms with Crippen molar-refractivity contribution >= 4 is 5.97 Å². The Bertz CT molecular complexity index is 366. The Morgan fingerprint density at radius 1 is 1.43 bits per heavy atom. The van der Waals surface area contributed by atoms with E-state index in [-0.39, 0.29) is 0 Å². The monoisotopic (exact) mass is 198 g/mol. The van der Waals surface area contributed by atoms with Crippen LogP contribution < -0.4 is 0 Å². The van der Waals surface area contributed by atoms with Crippen LogP contribution in [0.25, 0.3) is 0 Å². The third-order valence-corrected chi connectivity index (χ3v) is 1.91. The van der Waals surface area contributed by atoms with Crippen LogP contribution >= 0.6 is 0 Å². The molecule has 0 aromatic heterocycles. The van der Waals surface area contributed by atoms with Crippen LogP contribution in [-0.2, 0) is 5.60 Å². The van der Waals surface area contributed by atoms with Gasteiger partial charge in [-0.3, -0.25) is 0 Å². The Labute approximate surface area is 80.8 Å². The van der Waals surface area contributed by atoms with Crippen LogP contribution in [0.3, 0.4) is 0 Å². The number of hydrogen-bond acceptors (Lipinski definition) is 2. The van der Waals surface area contributed by atoms with E-state index in [1.807, 2.05) is 0 Å². The lowest BCUT2D eigenvalue weighted by Crippen LogP contribution is -2.16. The van der Waals surface area contributed by atoms with Crippen LogP contribution in [0.1, 0.15) is 29.8 Å². The number of rotatable bonds is 2. The molecule has 0 aliphatic rings. The Morgan fingerprint density at radius 2 is 2.00 bits per heavy atom. The molecule has 0 radical (unpaired) electrons. The summed E-state index contributed by atoms with van der Waals surface area (Å²) >= 11 is 0. The highest BCUT2D eigenvalue weighted by atomic mass is 19.1. The number of carboxylic acid groups (broad SMARTS) is 1. The zero-order valence-electron chi connectivity index (χ0n) is 7.91. The molecule has 76 valence electrons. The zero-order chi connectivity index (χ0) is 10.9. The van der Waals surface area contributed by atoms with Gasteiger partial charge in [0.25, 0.3) is 0 Å². The molecule has 0 saturated heterocycles. The van der Waals surface area contributed by atoms with E-state index in [9.17, 15) is 14.3 Å². The fourth-order valence-electron chi connectivity index (χ4n) is 1.07. The Hall–Kier alpha value is -1.42. The number of aromatic carboxylic acids is 1. The molecule has 0 atom stereocenters. The molecule has 2 N–H and O–H groups in total. The highest BCUT2D eigenvalue weighted by molar-refractivity contribution is 5.87. The van der Waals surface area contributed by atoms with Crippen molar-refractivity contribution in [2.45, 2.75) is 19.4 Å². The molecule has 1 rings (SSSR count). The molecule has 0 unspecified atom stereocenters. The van der Waals surface area contributed by atoms with Crippen LogP contribution in [0, 0.1) is 5.82 Å². The topological polar surface area (TPSA) is 57.5 Å². The van der Waals surface area contributed by atoms with Gasteiger partial charge in [-0.05, 0) is 31.5 Å². The summed E-state index contributed by atoms with van der Waals surface area (Å²) in [4.78, 5) is 10.5. The van der Waals surface area contributed by atoms with E-state index in [0.717, 1.165) is 12.1 Å². The molecule has 14 heavy (non-hydrogen) atoms. The Balaban J connectivity index is 3.20. The Kier molecular flexibility index (Phi) is 2.57. The normalized spacial score (nSPS) is 11.4. The predicted molar refractivity (Wildman–Crippen MR) is 48.6 cm³/mol. The van der Waals surface area contributed by atoms with Gasteiger partial charge >= 0.3 is 5.97 Å². The van der Waals surface area contributed by atoms with E-state index in [4.69, 9.17) is 5.11 Å². The predicted octanol–water partition coefficient (Wildman–Crippen LogP) is 1.75. The highest BCUT2D eigenvalue weighted by Gasteiger charge is 2.19. The van der Waals surface area contributed by atoms with Gasteiger partial charge in [0.1, 0.15) is 5.82 Å². The second-order valence-corrected chi connectivity index (χ2v) is 3.56. The number of halogens is 1. The Morgan fingerprint density at radius 3 is 2.36 bits per heavy atom. The molecule has 0 bridgehead atoms. The van der Waals surface area contributed by atoms with Crippen LogP contribution in [0.15, 0.2) is 18.2 Å². The first-order chi connectivity index (χ1) is 6.32. The summed E-state index contributed by atoms with van der Waals surface area (Å²) < 4.78 is 13.1. The van der Waals surface area contributed by atoms with Crippen LogP contribution in [-0.4, -0.2) is 16.2 Å². The molecular formula is C10H11FO3. The maximum Gasteiger partial charge on any atom is 0.338 e. The summed E-state index contributed by atoms with van der Waals surface area (Å²) in [6, 6.07) is 3.57. The van der Waals surface area contributed by atoms with E-state index in [1.54, 1.807) is 0 Å². The molecular weight excluding hydrogens is 187 g/mol. The largest absolute Gasteiger partial charge is 0.478 e. The van der Waals surface area contributed by atoms with Crippen molar-refractivity contribution in [2.75, 3.05) is 0 Å². The average Bonchev–Trinajstić information content (AvgIpc) is 2.01. The summed E-state index contributed by atoms with van der Waals surface area (Å²) in [7, 11) is 0. The third-order valence-electron chi connectivity index (χ3n) is 1.91. The fraction of sp³-hybridized carbons (Fsp3) is 0.300. The van der Waals surface area contributed by atoms with Gasteiger partial charge < -0.3 is 10.2 Å². The van der Waals surface area contributed by atoms with E-state index in [0.29, 0.717) is 5.56 Å². The second-order valence-electron chi connectivity index (χ2n) is 3.56. The minimum Gasteiger partial charge on any atom is -0.478 e. The van der Waals surface area contributed by atoms with Gasteiger partial charge in [-0.1, -0.05) is 6.07 Å². The van der Waals surface area contributed by atoms with Gasteiger partial charge in [0.15, 0.2) is 0 Å². The first-order valence-electron chi connectivity index (χ1n) is 4.08. The molecule has 0 spiro atoms. The van der Waals surface area contributed by atoms with Gasteiger partial charge in [0.2, 0.25) is 0 Å². The summed E-state index contributed by atoms with van der Waals surface area (Å²) in [5.41, 5.74) is -1.21. The molecule has 4 heteroatoms. The number of hydrogen-bond donors (Lipinski definition) is 2. The van der Waals surface area contributed by atoms with Crippen molar-refractivity contribution < 1.29 is 19.4 Å². The molecule has 0 aliphatic carbocycles. The van der Waals surface area contributed by atoms with Crippen LogP contribution in [0.5, 0.6) is 0 Å². The second kappa shape index (κ2) is 3.38. The lowest BCUT2D eigenvalue weighted by Gasteiger charge is -2.17. The quantitative estimate of drug-likeness (QED) is 0.761. The fourth-order valence-corrected chi connectivity index (χ4v) is 1.07. The molecule has 0 amide bonds. The van der Waals surface area contributed by atoms with Crippen molar-refractivity contribution in [3.05, 3.63) is 35.1 Å². The SMILES string of the molecule is CC(C)(O)c1ccc(C(=O)O)c(F)c1. The molecule has 1 aromatic rings. The summed E-state index contributed by atoms with van der Waals surface area (Å²) in [5.74, 6) is -2.15.